The molecule has 1 aliphatic heterocycles. The summed E-state index contributed by atoms with van der Waals surface area (Å²) in [5.74, 6) is -0.149. The van der Waals surface area contributed by atoms with Crippen molar-refractivity contribution >= 4 is 21.8 Å². The van der Waals surface area contributed by atoms with Gasteiger partial charge in [-0.2, -0.15) is 16.1 Å². The largest absolute Gasteiger partial charge is 0.243 e. The molecule has 0 amide bonds. The molecule has 7 heteroatoms. The van der Waals surface area contributed by atoms with Crippen LogP contribution in [-0.4, -0.2) is 31.6 Å². The number of benzene rings is 2. The molecule has 128 valence electrons. The van der Waals surface area contributed by atoms with Gasteiger partial charge < -0.3 is 0 Å². The normalized spacial score (nSPS) is 19.8. The van der Waals surface area contributed by atoms with E-state index in [0.717, 1.165) is 12.1 Å². The van der Waals surface area contributed by atoms with E-state index in [0.29, 0.717) is 30.8 Å². The van der Waals surface area contributed by atoms with E-state index < -0.39 is 15.8 Å². The Bertz CT molecular complexity index is 810. The molecule has 3 nitrogen and oxygen atoms in total. The molecule has 1 atom stereocenters. The lowest BCUT2D eigenvalue weighted by molar-refractivity contribution is 0.427. The fourth-order valence-corrected chi connectivity index (χ4v) is 5.55. The van der Waals surface area contributed by atoms with E-state index in [1.807, 2.05) is 0 Å². The van der Waals surface area contributed by atoms with Crippen LogP contribution in [0.3, 0.4) is 0 Å². The van der Waals surface area contributed by atoms with Gasteiger partial charge in [-0.05, 0) is 36.8 Å². The predicted octanol–water partition coefficient (Wildman–Crippen LogP) is 3.83. The lowest BCUT2D eigenvalue weighted by Gasteiger charge is -2.20. The molecular weight excluding hydrogens is 352 g/mol. The Balaban J connectivity index is 1.78. The van der Waals surface area contributed by atoms with Crippen molar-refractivity contribution < 1.29 is 17.2 Å². The second-order valence-corrected chi connectivity index (χ2v) is 8.78. The zero-order chi connectivity index (χ0) is 17.2. The van der Waals surface area contributed by atoms with E-state index in [-0.39, 0.29) is 16.0 Å². The fourth-order valence-electron chi connectivity index (χ4n) is 2.73. The number of halogens is 2. The monoisotopic (exact) mass is 369 g/mol. The molecule has 0 aromatic heterocycles. The summed E-state index contributed by atoms with van der Waals surface area (Å²) >= 11 is 1.56. The van der Waals surface area contributed by atoms with E-state index >= 15 is 0 Å². The Hall–Kier alpha value is -1.44. The first-order valence-corrected chi connectivity index (χ1v) is 10.1. The number of hydrogen-bond donors (Lipinski definition) is 0. The van der Waals surface area contributed by atoms with Gasteiger partial charge in [-0.25, -0.2) is 17.2 Å². The Morgan fingerprint density at radius 2 is 1.71 bits per heavy atom. The van der Waals surface area contributed by atoms with Crippen molar-refractivity contribution in [2.45, 2.75) is 16.6 Å². The molecular formula is C17H17F2NO2S2. The van der Waals surface area contributed by atoms with Gasteiger partial charge in [0.1, 0.15) is 11.6 Å². The molecule has 0 spiro atoms. The molecule has 0 bridgehead atoms. The molecule has 2 aromatic carbocycles. The minimum Gasteiger partial charge on any atom is -0.207 e. The zero-order valence-corrected chi connectivity index (χ0v) is 14.5. The number of sulfonamides is 1. The lowest BCUT2D eigenvalue weighted by Crippen LogP contribution is -2.33. The third-order valence-corrected chi connectivity index (χ3v) is 7.23. The Labute approximate surface area is 144 Å². The maximum absolute atomic E-state index is 14.0. The number of rotatable bonds is 3. The molecule has 0 saturated carbocycles. The van der Waals surface area contributed by atoms with E-state index in [1.165, 1.54) is 22.5 Å². The van der Waals surface area contributed by atoms with Gasteiger partial charge in [0.2, 0.25) is 10.0 Å². The highest BCUT2D eigenvalue weighted by Gasteiger charge is 2.29. The molecule has 1 fully saturated rings. The SMILES string of the molecule is O=S(=O)(c1ccc(F)cc1)N1CCSC(c2ccccc2F)CC1. The van der Waals surface area contributed by atoms with Crippen molar-refractivity contribution in [3.63, 3.8) is 0 Å². The van der Waals surface area contributed by atoms with E-state index in [1.54, 1.807) is 30.0 Å². The summed E-state index contributed by atoms with van der Waals surface area (Å²) in [5, 5.41) is -0.0698. The van der Waals surface area contributed by atoms with E-state index in [2.05, 4.69) is 0 Å². The van der Waals surface area contributed by atoms with Crippen LogP contribution in [0.15, 0.2) is 53.4 Å². The fraction of sp³-hybridized carbons (Fsp3) is 0.294. The van der Waals surface area contributed by atoms with Crippen LogP contribution in [0.1, 0.15) is 17.2 Å². The maximum atomic E-state index is 14.0. The van der Waals surface area contributed by atoms with Gasteiger partial charge in [0, 0.05) is 29.7 Å². The van der Waals surface area contributed by atoms with E-state index in [4.69, 9.17) is 0 Å². The minimum absolute atomic E-state index is 0.0698. The predicted molar refractivity (Wildman–Crippen MR) is 91.4 cm³/mol. The molecule has 0 aliphatic carbocycles. The van der Waals surface area contributed by atoms with E-state index in [9.17, 15) is 17.2 Å². The topological polar surface area (TPSA) is 37.4 Å². The number of nitrogens with zero attached hydrogens (tertiary/aromatic N) is 1. The lowest BCUT2D eigenvalue weighted by atomic mass is 10.1. The van der Waals surface area contributed by atoms with Gasteiger partial charge in [-0.15, -0.1) is 0 Å². The number of hydrogen-bond acceptors (Lipinski definition) is 3. The van der Waals surface area contributed by atoms with Crippen LogP contribution in [0.25, 0.3) is 0 Å². The molecule has 0 radical (unpaired) electrons. The van der Waals surface area contributed by atoms with Crippen LogP contribution in [0, 0.1) is 11.6 Å². The van der Waals surface area contributed by atoms with Crippen LogP contribution in [0.5, 0.6) is 0 Å². The second-order valence-electron chi connectivity index (χ2n) is 5.53. The molecule has 1 saturated heterocycles. The summed E-state index contributed by atoms with van der Waals surface area (Å²) in [6.45, 7) is 0.668. The second kappa shape index (κ2) is 7.21. The highest BCUT2D eigenvalue weighted by molar-refractivity contribution is 7.99. The van der Waals surface area contributed by atoms with Crippen LogP contribution in [0.4, 0.5) is 8.78 Å². The minimum atomic E-state index is -3.66. The van der Waals surface area contributed by atoms with Gasteiger partial charge >= 0.3 is 0 Å². The standard InChI is InChI=1S/C17H17F2NO2S2/c18-13-5-7-14(8-6-13)24(21,22)20-10-9-17(23-12-11-20)15-3-1-2-4-16(15)19/h1-8,17H,9-12H2. The highest BCUT2D eigenvalue weighted by Crippen LogP contribution is 2.36. The third-order valence-electron chi connectivity index (χ3n) is 4.00. The smallest absolute Gasteiger partial charge is 0.207 e. The molecule has 0 N–H and O–H groups in total. The van der Waals surface area contributed by atoms with Gasteiger partial charge in [-0.1, -0.05) is 18.2 Å². The molecule has 1 aliphatic rings. The van der Waals surface area contributed by atoms with Crippen molar-refractivity contribution in [3.8, 4) is 0 Å². The molecule has 1 unspecified atom stereocenters. The van der Waals surface area contributed by atoms with Crippen LogP contribution >= 0.6 is 11.8 Å². The molecule has 24 heavy (non-hydrogen) atoms. The van der Waals surface area contributed by atoms with Crippen LogP contribution in [0.2, 0.25) is 0 Å². The summed E-state index contributed by atoms with van der Waals surface area (Å²) in [7, 11) is -3.66. The summed E-state index contributed by atoms with van der Waals surface area (Å²) in [4.78, 5) is 0.0817. The van der Waals surface area contributed by atoms with Gasteiger partial charge in [0.05, 0.1) is 4.90 Å². The first kappa shape index (κ1) is 17.4. The Kier molecular flexibility index (Phi) is 5.22. The summed E-state index contributed by atoms with van der Waals surface area (Å²) < 4.78 is 53.7. The molecule has 3 rings (SSSR count). The van der Waals surface area contributed by atoms with Crippen LogP contribution in [-0.2, 0) is 10.0 Å². The van der Waals surface area contributed by atoms with Crippen molar-refractivity contribution in [1.29, 1.82) is 0 Å². The first-order chi connectivity index (χ1) is 11.5. The average Bonchev–Trinajstić information content (AvgIpc) is 2.82. The summed E-state index contributed by atoms with van der Waals surface area (Å²) in [6.07, 6.45) is 0.534. The van der Waals surface area contributed by atoms with Crippen molar-refractivity contribution in [2.75, 3.05) is 18.8 Å². The third kappa shape index (κ3) is 3.63. The maximum Gasteiger partial charge on any atom is 0.243 e. The Morgan fingerprint density at radius 3 is 2.42 bits per heavy atom. The molecule has 2 aromatic rings. The van der Waals surface area contributed by atoms with Gasteiger partial charge in [0.15, 0.2) is 0 Å². The summed E-state index contributed by atoms with van der Waals surface area (Å²) in [5.41, 5.74) is 0.614. The van der Waals surface area contributed by atoms with Gasteiger partial charge in [-0.3, -0.25) is 0 Å². The van der Waals surface area contributed by atoms with Crippen molar-refractivity contribution in [2.24, 2.45) is 0 Å². The van der Waals surface area contributed by atoms with Crippen molar-refractivity contribution in [3.05, 3.63) is 65.7 Å². The number of thioether (sulfide) groups is 1. The zero-order valence-electron chi connectivity index (χ0n) is 12.9. The Morgan fingerprint density at radius 1 is 1.00 bits per heavy atom. The molecule has 1 heterocycles. The average molecular weight is 369 g/mol. The van der Waals surface area contributed by atoms with Crippen molar-refractivity contribution in [1.82, 2.24) is 4.31 Å². The highest BCUT2D eigenvalue weighted by atomic mass is 32.2. The summed E-state index contributed by atoms with van der Waals surface area (Å²) in [6, 6.07) is 11.4. The van der Waals surface area contributed by atoms with Gasteiger partial charge in [0.25, 0.3) is 0 Å². The van der Waals surface area contributed by atoms with Crippen LogP contribution < -0.4 is 0 Å². The quantitative estimate of drug-likeness (QED) is 0.825. The first-order valence-electron chi connectivity index (χ1n) is 7.60.